The van der Waals surface area contributed by atoms with Crippen molar-refractivity contribution in [3.8, 4) is 5.75 Å². The Labute approximate surface area is 129 Å². The summed E-state index contributed by atoms with van der Waals surface area (Å²) in [5, 5.41) is 10.0. The van der Waals surface area contributed by atoms with E-state index in [9.17, 15) is 14.7 Å². The van der Waals surface area contributed by atoms with Gasteiger partial charge in [0.05, 0.1) is 24.4 Å². The number of anilines is 1. The van der Waals surface area contributed by atoms with Crippen LogP contribution < -0.4 is 9.64 Å². The van der Waals surface area contributed by atoms with E-state index in [1.165, 1.54) is 4.90 Å². The number of likely N-dealkylation sites (tertiary alicyclic amines) is 1. The molecule has 0 bridgehead atoms. The zero-order valence-electron chi connectivity index (χ0n) is 12.8. The summed E-state index contributed by atoms with van der Waals surface area (Å²) in [6.45, 7) is 4.21. The number of ether oxygens (including phenoxy) is 1. The zero-order chi connectivity index (χ0) is 15.9. The minimum absolute atomic E-state index is 0.0245. The summed E-state index contributed by atoms with van der Waals surface area (Å²) >= 11 is 0. The summed E-state index contributed by atoms with van der Waals surface area (Å²) in [5.74, 6) is 0.227. The van der Waals surface area contributed by atoms with Crippen molar-refractivity contribution in [3.05, 3.63) is 24.3 Å². The topological polar surface area (TPSA) is 70.1 Å². The smallest absolute Gasteiger partial charge is 0.268 e. The van der Waals surface area contributed by atoms with E-state index >= 15 is 0 Å². The van der Waals surface area contributed by atoms with E-state index < -0.39 is 11.7 Å². The number of carbonyl (C=O) groups excluding carboxylic acids is 2. The maximum absolute atomic E-state index is 12.3. The molecule has 2 aliphatic rings. The van der Waals surface area contributed by atoms with Crippen LogP contribution in [-0.2, 0) is 9.59 Å². The summed E-state index contributed by atoms with van der Waals surface area (Å²) in [6, 6.07) is 7.20. The minimum Gasteiger partial charge on any atom is -0.479 e. The summed E-state index contributed by atoms with van der Waals surface area (Å²) in [5.41, 5.74) is -0.152. The van der Waals surface area contributed by atoms with Crippen LogP contribution in [0.3, 0.4) is 0 Å². The molecule has 0 radical (unpaired) electrons. The van der Waals surface area contributed by atoms with Crippen LogP contribution in [0.4, 0.5) is 5.69 Å². The third-order valence-corrected chi connectivity index (χ3v) is 4.35. The molecule has 0 aliphatic carbocycles. The van der Waals surface area contributed by atoms with Gasteiger partial charge in [-0.2, -0.15) is 0 Å². The number of nitrogens with zero attached hydrogens (tertiary/aromatic N) is 2. The van der Waals surface area contributed by atoms with Crippen molar-refractivity contribution in [2.75, 3.05) is 24.5 Å². The maximum Gasteiger partial charge on any atom is 0.268 e. The number of hydrogen-bond donors (Lipinski definition) is 1. The van der Waals surface area contributed by atoms with Crippen LogP contribution in [0.5, 0.6) is 5.75 Å². The number of benzene rings is 1. The first-order valence-electron chi connectivity index (χ1n) is 7.51. The Balaban J connectivity index is 1.74. The average molecular weight is 304 g/mol. The Morgan fingerprint density at radius 1 is 1.41 bits per heavy atom. The van der Waals surface area contributed by atoms with E-state index in [-0.39, 0.29) is 18.4 Å². The van der Waals surface area contributed by atoms with Crippen LogP contribution >= 0.6 is 0 Å². The van der Waals surface area contributed by atoms with Gasteiger partial charge >= 0.3 is 0 Å². The van der Waals surface area contributed by atoms with Gasteiger partial charge in [0, 0.05) is 0 Å². The van der Waals surface area contributed by atoms with Crippen molar-refractivity contribution < 1.29 is 19.4 Å². The predicted octanol–water partition coefficient (Wildman–Crippen LogP) is 0.784. The van der Waals surface area contributed by atoms with Gasteiger partial charge in [0.25, 0.3) is 5.91 Å². The summed E-state index contributed by atoms with van der Waals surface area (Å²) < 4.78 is 5.55. The number of aliphatic hydroxyl groups is 1. The molecule has 2 amide bonds. The SMILES string of the molecule is CCC1(O)CN(C(=O)CN2C(=O)C(C)Oc3ccccc32)C1. The first-order chi connectivity index (χ1) is 10.4. The summed E-state index contributed by atoms with van der Waals surface area (Å²) in [7, 11) is 0. The first kappa shape index (κ1) is 14.8. The summed E-state index contributed by atoms with van der Waals surface area (Å²) in [4.78, 5) is 27.7. The lowest BCUT2D eigenvalue weighted by Gasteiger charge is -2.46. The number of rotatable bonds is 3. The van der Waals surface area contributed by atoms with Gasteiger partial charge in [0.2, 0.25) is 5.91 Å². The van der Waals surface area contributed by atoms with Crippen LogP contribution in [-0.4, -0.2) is 53.2 Å². The standard InChI is InChI=1S/C16H20N2O4/c1-3-16(21)9-17(10-16)14(19)8-18-12-6-4-5-7-13(12)22-11(2)15(18)20/h4-7,11,21H,3,8-10H2,1-2H3. The molecule has 0 aromatic heterocycles. The highest BCUT2D eigenvalue weighted by molar-refractivity contribution is 6.03. The molecule has 1 unspecified atom stereocenters. The van der Waals surface area contributed by atoms with Crippen LogP contribution in [0, 0.1) is 0 Å². The van der Waals surface area contributed by atoms with Gasteiger partial charge in [-0.25, -0.2) is 0 Å². The van der Waals surface area contributed by atoms with Gasteiger partial charge in [-0.1, -0.05) is 19.1 Å². The fourth-order valence-electron chi connectivity index (χ4n) is 2.82. The molecule has 0 saturated carbocycles. The van der Waals surface area contributed by atoms with E-state index in [0.717, 1.165) is 0 Å². The second kappa shape index (κ2) is 5.28. The van der Waals surface area contributed by atoms with Crippen LogP contribution in [0.2, 0.25) is 0 Å². The second-order valence-corrected chi connectivity index (χ2v) is 5.98. The molecular formula is C16H20N2O4. The van der Waals surface area contributed by atoms with Crippen molar-refractivity contribution in [3.63, 3.8) is 0 Å². The third kappa shape index (κ3) is 2.43. The largest absolute Gasteiger partial charge is 0.479 e. The van der Waals surface area contributed by atoms with Crippen LogP contribution in [0.25, 0.3) is 0 Å². The molecule has 2 heterocycles. The normalized spacial score (nSPS) is 22.7. The number of β-amino-alcohol motifs (C(OH)–C–C–N with tert-alkyl or cyclic N) is 1. The van der Waals surface area contributed by atoms with Crippen molar-refractivity contribution in [2.24, 2.45) is 0 Å². The first-order valence-corrected chi connectivity index (χ1v) is 7.51. The molecule has 6 heteroatoms. The van der Waals surface area contributed by atoms with Crippen LogP contribution in [0.15, 0.2) is 24.3 Å². The molecule has 22 heavy (non-hydrogen) atoms. The predicted molar refractivity (Wildman–Crippen MR) is 80.7 cm³/mol. The molecular weight excluding hydrogens is 284 g/mol. The van der Waals surface area contributed by atoms with Gasteiger partial charge in [-0.05, 0) is 25.5 Å². The second-order valence-electron chi connectivity index (χ2n) is 5.98. The number of hydrogen-bond acceptors (Lipinski definition) is 4. The molecule has 1 atom stereocenters. The van der Waals surface area contributed by atoms with Gasteiger partial charge in [-0.3, -0.25) is 14.5 Å². The molecule has 6 nitrogen and oxygen atoms in total. The molecule has 118 valence electrons. The van der Waals surface area contributed by atoms with Crippen molar-refractivity contribution in [2.45, 2.75) is 32.0 Å². The Kier molecular flexibility index (Phi) is 3.56. The maximum atomic E-state index is 12.3. The van der Waals surface area contributed by atoms with Crippen molar-refractivity contribution >= 4 is 17.5 Å². The van der Waals surface area contributed by atoms with E-state index in [0.29, 0.717) is 30.9 Å². The molecule has 1 N–H and O–H groups in total. The fourth-order valence-corrected chi connectivity index (χ4v) is 2.82. The highest BCUT2D eigenvalue weighted by Crippen LogP contribution is 2.34. The van der Waals surface area contributed by atoms with Gasteiger partial charge in [0.1, 0.15) is 12.3 Å². The molecule has 1 aromatic carbocycles. The lowest BCUT2D eigenvalue weighted by Crippen LogP contribution is -2.65. The fraction of sp³-hybridized carbons (Fsp3) is 0.500. The van der Waals surface area contributed by atoms with E-state index in [2.05, 4.69) is 0 Å². The average Bonchev–Trinajstić information content (AvgIpc) is 2.48. The Bertz CT molecular complexity index is 610. The van der Waals surface area contributed by atoms with E-state index in [1.54, 1.807) is 24.0 Å². The lowest BCUT2D eigenvalue weighted by atomic mass is 9.91. The Hall–Kier alpha value is -2.08. The molecule has 3 rings (SSSR count). The lowest BCUT2D eigenvalue weighted by molar-refractivity contribution is -0.154. The van der Waals surface area contributed by atoms with E-state index in [4.69, 9.17) is 4.74 Å². The quantitative estimate of drug-likeness (QED) is 0.896. The van der Waals surface area contributed by atoms with Crippen molar-refractivity contribution in [1.82, 2.24) is 4.90 Å². The molecule has 0 spiro atoms. The molecule has 1 aromatic rings. The highest BCUT2D eigenvalue weighted by Gasteiger charge is 2.43. The van der Waals surface area contributed by atoms with E-state index in [1.807, 2.05) is 19.1 Å². The number of fused-ring (bicyclic) bond motifs is 1. The number of amides is 2. The summed E-state index contributed by atoms with van der Waals surface area (Å²) in [6.07, 6.45) is 0.0132. The zero-order valence-corrected chi connectivity index (χ0v) is 12.8. The molecule has 1 fully saturated rings. The molecule has 1 saturated heterocycles. The Morgan fingerprint density at radius 3 is 2.77 bits per heavy atom. The molecule has 2 aliphatic heterocycles. The number of para-hydroxylation sites is 2. The van der Waals surface area contributed by atoms with Gasteiger partial charge < -0.3 is 14.7 Å². The third-order valence-electron chi connectivity index (χ3n) is 4.35. The van der Waals surface area contributed by atoms with Crippen molar-refractivity contribution in [1.29, 1.82) is 0 Å². The Morgan fingerprint density at radius 2 is 2.09 bits per heavy atom. The minimum atomic E-state index is -0.768. The highest BCUT2D eigenvalue weighted by atomic mass is 16.5. The van der Waals surface area contributed by atoms with Gasteiger partial charge in [0.15, 0.2) is 6.10 Å². The number of carbonyl (C=O) groups is 2. The van der Waals surface area contributed by atoms with Crippen LogP contribution in [0.1, 0.15) is 20.3 Å². The van der Waals surface area contributed by atoms with Gasteiger partial charge in [-0.15, -0.1) is 0 Å². The monoisotopic (exact) mass is 304 g/mol.